The van der Waals surface area contributed by atoms with Crippen molar-refractivity contribution >= 4 is 17.7 Å². The van der Waals surface area contributed by atoms with E-state index in [4.69, 9.17) is 5.11 Å². The second-order valence-electron chi connectivity index (χ2n) is 5.44. The van der Waals surface area contributed by atoms with Crippen molar-refractivity contribution in [1.82, 2.24) is 15.6 Å². The zero-order valence-electron chi connectivity index (χ0n) is 11.6. The molecule has 0 bridgehead atoms. The predicted molar refractivity (Wildman–Crippen MR) is 76.4 cm³/mol. The van der Waals surface area contributed by atoms with E-state index in [0.29, 0.717) is 37.1 Å². The maximum atomic E-state index is 12.0. The van der Waals surface area contributed by atoms with Crippen LogP contribution in [0.4, 0.5) is 5.82 Å². The Bertz CT molecular complexity index is 559. The third-order valence-electron chi connectivity index (χ3n) is 3.72. The molecule has 7 nitrogen and oxygen atoms in total. The van der Waals surface area contributed by atoms with Gasteiger partial charge < -0.3 is 20.6 Å². The summed E-state index contributed by atoms with van der Waals surface area (Å²) in [5.41, 5.74) is 0.567. The van der Waals surface area contributed by atoms with Gasteiger partial charge in [0.25, 0.3) is 5.91 Å². The Labute approximate surface area is 122 Å². The number of carboxylic acids is 1. The number of carboxylic acid groups (broad SMARTS) is 1. The number of carbonyl (C=O) groups excluding carboxylic acids is 1. The smallest absolute Gasteiger partial charge is 0.322 e. The van der Waals surface area contributed by atoms with Crippen molar-refractivity contribution in [2.75, 3.05) is 24.5 Å². The Kier molecular flexibility index (Phi) is 3.74. The molecule has 1 saturated carbocycles. The molecule has 0 spiro atoms. The Balaban J connectivity index is 1.72. The normalized spacial score (nSPS) is 21.9. The molecule has 1 aromatic rings. The number of hydrogen-bond donors (Lipinski definition) is 3. The Morgan fingerprint density at radius 3 is 2.95 bits per heavy atom. The van der Waals surface area contributed by atoms with E-state index in [9.17, 15) is 9.59 Å². The van der Waals surface area contributed by atoms with Crippen LogP contribution in [-0.4, -0.2) is 53.7 Å². The number of nitrogens with one attached hydrogen (secondary N) is 2. The highest BCUT2D eigenvalue weighted by molar-refractivity contribution is 5.95. The number of carbonyl (C=O) groups is 2. The highest BCUT2D eigenvalue weighted by Gasteiger charge is 2.27. The first-order valence-electron chi connectivity index (χ1n) is 7.11. The van der Waals surface area contributed by atoms with Crippen LogP contribution in [0, 0.1) is 0 Å². The fraction of sp³-hybridized carbons (Fsp3) is 0.500. The minimum Gasteiger partial charge on any atom is -0.480 e. The van der Waals surface area contributed by atoms with Crippen LogP contribution in [0.3, 0.4) is 0 Å². The molecule has 3 rings (SSSR count). The number of rotatable bonds is 4. The van der Waals surface area contributed by atoms with E-state index < -0.39 is 12.0 Å². The summed E-state index contributed by atoms with van der Waals surface area (Å²) < 4.78 is 0. The molecule has 1 aliphatic heterocycles. The molecule has 112 valence electrons. The molecule has 2 heterocycles. The first-order chi connectivity index (χ1) is 10.1. The average Bonchev–Trinajstić information content (AvgIpc) is 3.31. The lowest BCUT2D eigenvalue weighted by Gasteiger charge is -2.32. The standard InChI is InChI=1S/C14H18N4O3/c19-13(17-10-1-2-10)9-3-4-16-12(7-9)18-6-5-15-11(8-18)14(20)21/h3-4,7,10-11,15H,1-2,5-6,8H2,(H,17,19)(H,20,21). The molecule has 1 aromatic heterocycles. The fourth-order valence-corrected chi connectivity index (χ4v) is 2.35. The highest BCUT2D eigenvalue weighted by atomic mass is 16.4. The largest absolute Gasteiger partial charge is 0.480 e. The van der Waals surface area contributed by atoms with E-state index in [0.717, 1.165) is 12.8 Å². The van der Waals surface area contributed by atoms with Crippen molar-refractivity contribution in [1.29, 1.82) is 0 Å². The molecule has 1 amide bonds. The van der Waals surface area contributed by atoms with Crippen molar-refractivity contribution < 1.29 is 14.7 Å². The van der Waals surface area contributed by atoms with Gasteiger partial charge in [0, 0.05) is 37.4 Å². The second kappa shape index (κ2) is 5.69. The summed E-state index contributed by atoms with van der Waals surface area (Å²) in [7, 11) is 0. The highest BCUT2D eigenvalue weighted by Crippen LogP contribution is 2.20. The van der Waals surface area contributed by atoms with Crippen LogP contribution in [-0.2, 0) is 4.79 Å². The Hall–Kier alpha value is -2.15. The van der Waals surface area contributed by atoms with E-state index in [2.05, 4.69) is 15.6 Å². The minimum absolute atomic E-state index is 0.0916. The first kappa shape index (κ1) is 13.8. The van der Waals surface area contributed by atoms with E-state index >= 15 is 0 Å². The predicted octanol–water partition coefficient (Wildman–Crippen LogP) is -0.163. The Morgan fingerprint density at radius 2 is 2.24 bits per heavy atom. The second-order valence-corrected chi connectivity index (χ2v) is 5.44. The van der Waals surface area contributed by atoms with Crippen LogP contribution in [0.1, 0.15) is 23.2 Å². The monoisotopic (exact) mass is 290 g/mol. The summed E-state index contributed by atoms with van der Waals surface area (Å²) in [6, 6.07) is 3.11. The zero-order valence-corrected chi connectivity index (χ0v) is 11.6. The van der Waals surface area contributed by atoms with Crippen molar-refractivity contribution in [2.45, 2.75) is 24.9 Å². The molecule has 1 saturated heterocycles. The summed E-state index contributed by atoms with van der Waals surface area (Å²) in [5.74, 6) is -0.320. The summed E-state index contributed by atoms with van der Waals surface area (Å²) in [6.07, 6.45) is 3.68. The molecule has 1 unspecified atom stereocenters. The van der Waals surface area contributed by atoms with Gasteiger partial charge in [-0.2, -0.15) is 0 Å². The van der Waals surface area contributed by atoms with Crippen LogP contribution < -0.4 is 15.5 Å². The molecule has 21 heavy (non-hydrogen) atoms. The molecule has 2 aliphatic rings. The van der Waals surface area contributed by atoms with Gasteiger partial charge in [-0.1, -0.05) is 0 Å². The molecular formula is C14H18N4O3. The molecule has 0 radical (unpaired) electrons. The average molecular weight is 290 g/mol. The quantitative estimate of drug-likeness (QED) is 0.713. The van der Waals surface area contributed by atoms with Gasteiger partial charge >= 0.3 is 5.97 Å². The van der Waals surface area contributed by atoms with Gasteiger partial charge in [0.2, 0.25) is 0 Å². The van der Waals surface area contributed by atoms with Gasteiger partial charge in [-0.3, -0.25) is 9.59 Å². The van der Waals surface area contributed by atoms with Gasteiger partial charge in [-0.15, -0.1) is 0 Å². The number of nitrogens with zero attached hydrogens (tertiary/aromatic N) is 2. The molecule has 1 aliphatic carbocycles. The van der Waals surface area contributed by atoms with Crippen LogP contribution in [0.25, 0.3) is 0 Å². The minimum atomic E-state index is -0.873. The Morgan fingerprint density at radius 1 is 1.43 bits per heavy atom. The maximum absolute atomic E-state index is 12.0. The molecule has 7 heteroatoms. The first-order valence-corrected chi connectivity index (χ1v) is 7.11. The van der Waals surface area contributed by atoms with Gasteiger partial charge in [-0.05, 0) is 25.0 Å². The summed E-state index contributed by atoms with van der Waals surface area (Å²) in [6.45, 7) is 1.59. The lowest BCUT2D eigenvalue weighted by molar-refractivity contribution is -0.139. The van der Waals surface area contributed by atoms with E-state index in [-0.39, 0.29) is 5.91 Å². The van der Waals surface area contributed by atoms with E-state index in [1.165, 1.54) is 0 Å². The molecule has 1 atom stereocenters. The fourth-order valence-electron chi connectivity index (χ4n) is 2.35. The third kappa shape index (κ3) is 3.30. The van der Waals surface area contributed by atoms with Crippen molar-refractivity contribution in [3.63, 3.8) is 0 Å². The topological polar surface area (TPSA) is 94.6 Å². The number of anilines is 1. The SMILES string of the molecule is O=C(NC1CC1)c1ccnc(N2CCNC(C(=O)O)C2)c1. The summed E-state index contributed by atoms with van der Waals surface area (Å²) in [4.78, 5) is 29.3. The number of aromatic nitrogens is 1. The van der Waals surface area contributed by atoms with Crippen molar-refractivity contribution in [3.05, 3.63) is 23.9 Å². The molecule has 3 N–H and O–H groups in total. The van der Waals surface area contributed by atoms with Crippen LogP contribution in [0.15, 0.2) is 18.3 Å². The van der Waals surface area contributed by atoms with Gasteiger partial charge in [0.15, 0.2) is 0 Å². The van der Waals surface area contributed by atoms with Gasteiger partial charge in [0.05, 0.1) is 0 Å². The van der Waals surface area contributed by atoms with Crippen LogP contribution >= 0.6 is 0 Å². The molecular weight excluding hydrogens is 272 g/mol. The summed E-state index contributed by atoms with van der Waals surface area (Å²) >= 11 is 0. The molecule has 0 aromatic carbocycles. The van der Waals surface area contributed by atoms with Gasteiger partial charge in [-0.25, -0.2) is 4.98 Å². The number of aliphatic carboxylic acids is 1. The lowest BCUT2D eigenvalue weighted by atomic mass is 10.2. The number of piperazine rings is 1. The van der Waals surface area contributed by atoms with Gasteiger partial charge in [0.1, 0.15) is 11.9 Å². The summed E-state index contributed by atoms with van der Waals surface area (Å²) in [5, 5.41) is 15.0. The van der Waals surface area contributed by atoms with Crippen molar-refractivity contribution in [2.24, 2.45) is 0 Å². The number of pyridine rings is 1. The van der Waals surface area contributed by atoms with E-state index in [1.54, 1.807) is 18.3 Å². The molecule has 2 fully saturated rings. The lowest BCUT2D eigenvalue weighted by Crippen LogP contribution is -2.54. The van der Waals surface area contributed by atoms with Crippen LogP contribution in [0.5, 0.6) is 0 Å². The number of hydrogen-bond acceptors (Lipinski definition) is 5. The maximum Gasteiger partial charge on any atom is 0.322 e. The number of amides is 1. The van der Waals surface area contributed by atoms with Crippen LogP contribution in [0.2, 0.25) is 0 Å². The zero-order chi connectivity index (χ0) is 14.8. The van der Waals surface area contributed by atoms with Crippen molar-refractivity contribution in [3.8, 4) is 0 Å². The third-order valence-corrected chi connectivity index (χ3v) is 3.72. The van der Waals surface area contributed by atoms with E-state index in [1.807, 2.05) is 4.90 Å².